The second kappa shape index (κ2) is 9.92. The van der Waals surface area contributed by atoms with Crippen LogP contribution in [0.15, 0.2) is 18.5 Å². The van der Waals surface area contributed by atoms with Gasteiger partial charge >= 0.3 is 6.03 Å². The van der Waals surface area contributed by atoms with Gasteiger partial charge < -0.3 is 24.8 Å². The first kappa shape index (κ1) is 22.1. The van der Waals surface area contributed by atoms with Gasteiger partial charge in [0.25, 0.3) is 0 Å². The van der Waals surface area contributed by atoms with Crippen LogP contribution in [0.4, 0.5) is 4.79 Å². The minimum atomic E-state index is -0.485. The van der Waals surface area contributed by atoms with Crippen molar-refractivity contribution >= 4 is 17.8 Å². The number of aromatic nitrogens is 2. The van der Waals surface area contributed by atoms with Gasteiger partial charge in [0.1, 0.15) is 12.6 Å². The number of amides is 4. The number of carbonyl (C=O) groups is 3. The average Bonchev–Trinajstić information content (AvgIpc) is 3.31. The molecule has 30 heavy (non-hydrogen) atoms. The lowest BCUT2D eigenvalue weighted by molar-refractivity contribution is -0.143. The van der Waals surface area contributed by atoms with Crippen molar-refractivity contribution in [1.82, 2.24) is 29.8 Å². The minimum Gasteiger partial charge on any atom is -0.383 e. The normalized spacial score (nSPS) is 21.5. The molecule has 0 bridgehead atoms. The van der Waals surface area contributed by atoms with Crippen LogP contribution in [0.5, 0.6) is 0 Å². The summed E-state index contributed by atoms with van der Waals surface area (Å²) >= 11 is 0. The molecule has 3 rings (SSSR count). The number of fused-ring (bicyclic) bond motifs is 1. The predicted octanol–water partition coefficient (Wildman–Crippen LogP) is 0.00880. The molecule has 0 saturated carbocycles. The fraction of sp³-hybridized carbons (Fsp3) is 0.700. The van der Waals surface area contributed by atoms with Gasteiger partial charge in [0, 0.05) is 45.7 Å². The van der Waals surface area contributed by atoms with Gasteiger partial charge in [-0.25, -0.2) is 4.79 Å². The molecule has 1 aromatic heterocycles. The van der Waals surface area contributed by atoms with E-state index in [0.717, 1.165) is 0 Å². The van der Waals surface area contributed by atoms with Crippen molar-refractivity contribution in [3.63, 3.8) is 0 Å². The third-order valence-electron chi connectivity index (χ3n) is 5.50. The summed E-state index contributed by atoms with van der Waals surface area (Å²) in [5.74, 6) is 0.0311. The maximum atomic E-state index is 13.1. The number of urea groups is 1. The molecule has 2 atom stereocenters. The number of hydrogen-bond acceptors (Lipinski definition) is 5. The summed E-state index contributed by atoms with van der Waals surface area (Å²) in [4.78, 5) is 43.5. The Morgan fingerprint density at radius 1 is 1.27 bits per heavy atom. The third-order valence-corrected chi connectivity index (χ3v) is 5.50. The summed E-state index contributed by atoms with van der Waals surface area (Å²) in [6.07, 6.45) is 4.12. The highest BCUT2D eigenvalue weighted by Crippen LogP contribution is 2.28. The topological polar surface area (TPSA) is 100 Å². The predicted molar refractivity (Wildman–Crippen MR) is 110 cm³/mol. The zero-order valence-electron chi connectivity index (χ0n) is 18.0. The smallest absolute Gasteiger partial charge is 0.321 e. The lowest BCUT2D eigenvalue weighted by Gasteiger charge is -2.42. The van der Waals surface area contributed by atoms with E-state index in [0.29, 0.717) is 45.8 Å². The van der Waals surface area contributed by atoms with Crippen molar-refractivity contribution in [3.05, 3.63) is 18.5 Å². The van der Waals surface area contributed by atoms with E-state index in [-0.39, 0.29) is 36.3 Å². The van der Waals surface area contributed by atoms with Crippen molar-refractivity contribution in [3.8, 4) is 0 Å². The average molecular weight is 421 g/mol. The molecule has 2 fully saturated rings. The zero-order chi connectivity index (χ0) is 21.7. The number of rotatable bonds is 10. The number of piperazine rings is 1. The number of hydrogen-bond donors (Lipinski definition) is 1. The van der Waals surface area contributed by atoms with Gasteiger partial charge in [-0.3, -0.25) is 14.3 Å². The molecule has 2 aliphatic heterocycles. The zero-order valence-corrected chi connectivity index (χ0v) is 18.0. The van der Waals surface area contributed by atoms with Crippen molar-refractivity contribution in [2.45, 2.75) is 38.9 Å². The van der Waals surface area contributed by atoms with Crippen LogP contribution >= 0.6 is 0 Å². The monoisotopic (exact) mass is 420 g/mol. The lowest BCUT2D eigenvalue weighted by Crippen LogP contribution is -2.61. The summed E-state index contributed by atoms with van der Waals surface area (Å²) in [6, 6.07) is 1.01. The van der Waals surface area contributed by atoms with E-state index in [1.807, 2.05) is 26.1 Å². The lowest BCUT2D eigenvalue weighted by atomic mass is 9.97. The molecule has 1 aromatic rings. The SMILES string of the molecule is COCCN1CC2CN(CC(=O)NCCn3cccn3)C(=O)N2C(CC(C)C)C1=O. The van der Waals surface area contributed by atoms with Gasteiger partial charge in [-0.2, -0.15) is 5.10 Å². The Balaban J connectivity index is 1.60. The Labute approximate surface area is 177 Å². The molecule has 0 spiro atoms. The number of methoxy groups -OCH3 is 1. The third kappa shape index (κ3) is 5.10. The Morgan fingerprint density at radius 2 is 2.03 bits per heavy atom. The van der Waals surface area contributed by atoms with Gasteiger partial charge in [-0.1, -0.05) is 13.8 Å². The van der Waals surface area contributed by atoms with E-state index >= 15 is 0 Å². The van der Waals surface area contributed by atoms with Crippen LogP contribution in [0, 0.1) is 5.92 Å². The van der Waals surface area contributed by atoms with Gasteiger partial charge in [0.05, 0.1) is 19.2 Å². The van der Waals surface area contributed by atoms with Crippen LogP contribution in [-0.4, -0.2) is 101 Å². The second-order valence-electron chi connectivity index (χ2n) is 8.27. The molecular formula is C20H32N6O4. The van der Waals surface area contributed by atoms with E-state index in [2.05, 4.69) is 10.4 Å². The summed E-state index contributed by atoms with van der Waals surface area (Å²) in [5, 5.41) is 6.93. The van der Waals surface area contributed by atoms with Crippen LogP contribution in [0.2, 0.25) is 0 Å². The van der Waals surface area contributed by atoms with Crippen molar-refractivity contribution in [2.75, 3.05) is 46.4 Å². The summed E-state index contributed by atoms with van der Waals surface area (Å²) in [7, 11) is 1.61. The van der Waals surface area contributed by atoms with E-state index in [9.17, 15) is 14.4 Å². The van der Waals surface area contributed by atoms with Gasteiger partial charge in [0.15, 0.2) is 0 Å². The van der Waals surface area contributed by atoms with E-state index in [1.54, 1.807) is 32.7 Å². The standard InChI is InChI=1S/C20H32N6O4/c1-15(2)11-17-19(28)23(9-10-30-3)12-16-13-24(20(29)26(16)17)14-18(27)21-6-8-25-7-4-5-22-25/h4-5,7,15-17H,6,8-14H2,1-3H3,(H,21,27). The number of ether oxygens (including phenoxy) is 1. The number of nitrogens with zero attached hydrogens (tertiary/aromatic N) is 5. The Hall–Kier alpha value is -2.62. The highest BCUT2D eigenvalue weighted by Gasteiger charge is 2.49. The molecule has 2 aliphatic rings. The Bertz CT molecular complexity index is 738. The van der Waals surface area contributed by atoms with E-state index in [1.165, 1.54) is 0 Å². The van der Waals surface area contributed by atoms with Gasteiger partial charge in [0.2, 0.25) is 11.8 Å². The Kier molecular flexibility index (Phi) is 7.30. The fourth-order valence-corrected chi connectivity index (χ4v) is 4.12. The molecule has 0 radical (unpaired) electrons. The quantitative estimate of drug-likeness (QED) is 0.575. The number of carbonyl (C=O) groups excluding carboxylic acids is 3. The summed E-state index contributed by atoms with van der Waals surface area (Å²) < 4.78 is 6.87. The molecule has 10 nitrogen and oxygen atoms in total. The van der Waals surface area contributed by atoms with Gasteiger partial charge in [-0.15, -0.1) is 0 Å². The first-order valence-corrected chi connectivity index (χ1v) is 10.5. The molecule has 10 heteroatoms. The minimum absolute atomic E-state index is 0.00833. The van der Waals surface area contributed by atoms with Gasteiger partial charge in [-0.05, 0) is 18.4 Å². The first-order valence-electron chi connectivity index (χ1n) is 10.5. The second-order valence-corrected chi connectivity index (χ2v) is 8.27. The molecule has 4 amide bonds. The van der Waals surface area contributed by atoms with Crippen molar-refractivity contribution in [1.29, 1.82) is 0 Å². The largest absolute Gasteiger partial charge is 0.383 e. The van der Waals surface area contributed by atoms with Crippen LogP contribution in [-0.2, 0) is 20.9 Å². The summed E-state index contributed by atoms with van der Waals surface area (Å²) in [5.41, 5.74) is 0. The maximum absolute atomic E-state index is 13.1. The highest BCUT2D eigenvalue weighted by atomic mass is 16.5. The molecule has 1 N–H and O–H groups in total. The van der Waals surface area contributed by atoms with Crippen LogP contribution in [0.25, 0.3) is 0 Å². The van der Waals surface area contributed by atoms with Crippen LogP contribution in [0.3, 0.4) is 0 Å². The highest BCUT2D eigenvalue weighted by molar-refractivity contribution is 5.91. The molecule has 166 valence electrons. The molecule has 0 aromatic carbocycles. The first-order chi connectivity index (χ1) is 14.4. The van der Waals surface area contributed by atoms with Crippen LogP contribution in [0.1, 0.15) is 20.3 Å². The Morgan fingerprint density at radius 3 is 2.70 bits per heavy atom. The molecular weight excluding hydrogens is 388 g/mol. The summed E-state index contributed by atoms with van der Waals surface area (Å²) in [6.45, 7) is 6.97. The number of nitrogens with one attached hydrogen (secondary N) is 1. The van der Waals surface area contributed by atoms with Crippen LogP contribution < -0.4 is 5.32 Å². The molecule has 0 aliphatic carbocycles. The van der Waals surface area contributed by atoms with E-state index in [4.69, 9.17) is 4.74 Å². The maximum Gasteiger partial charge on any atom is 0.321 e. The van der Waals surface area contributed by atoms with Crippen molar-refractivity contribution in [2.24, 2.45) is 5.92 Å². The molecule has 2 saturated heterocycles. The molecule has 2 unspecified atom stereocenters. The van der Waals surface area contributed by atoms with E-state index < -0.39 is 6.04 Å². The van der Waals surface area contributed by atoms with Crippen molar-refractivity contribution < 1.29 is 19.1 Å². The molecule has 3 heterocycles. The fourth-order valence-electron chi connectivity index (χ4n) is 4.12.